The standard InChI is InChI=1S/C19H16BrCl2F3N6O/c1-9(31-15(11-3-4-11)14(20)16(28-31)19(23,24)25)17(32)27-18-26-8-30(29-18)7-10-2-5-12(21)13(22)6-10/h2,5-6,8-9,11H,3-4,7H2,1H3,(H,27,29,32). The number of nitrogens with zero attached hydrogens (tertiary/aromatic N) is 5. The fraction of sp³-hybridized carbons (Fsp3) is 0.368. The first-order valence-corrected chi connectivity index (χ1v) is 11.1. The normalized spacial score (nSPS) is 15.1. The second kappa shape index (κ2) is 8.68. The minimum atomic E-state index is -4.63. The van der Waals surface area contributed by atoms with Gasteiger partial charge in [0.15, 0.2) is 5.69 Å². The lowest BCUT2D eigenvalue weighted by Gasteiger charge is -2.14. The van der Waals surface area contributed by atoms with Crippen molar-refractivity contribution >= 4 is 51.0 Å². The van der Waals surface area contributed by atoms with Gasteiger partial charge in [0.2, 0.25) is 5.95 Å². The van der Waals surface area contributed by atoms with Crippen molar-refractivity contribution in [1.29, 1.82) is 0 Å². The number of rotatable bonds is 6. The van der Waals surface area contributed by atoms with E-state index in [2.05, 4.69) is 36.4 Å². The molecule has 1 unspecified atom stereocenters. The SMILES string of the molecule is CC(C(=O)Nc1ncn(Cc2ccc(Cl)c(Cl)c2)n1)n1nc(C(F)(F)F)c(Br)c1C1CC1. The van der Waals surface area contributed by atoms with Crippen LogP contribution in [0, 0.1) is 0 Å². The number of carbonyl (C=O) groups is 1. The molecule has 2 heterocycles. The third-order valence-electron chi connectivity index (χ3n) is 4.97. The zero-order valence-electron chi connectivity index (χ0n) is 16.5. The Labute approximate surface area is 199 Å². The van der Waals surface area contributed by atoms with E-state index < -0.39 is 23.8 Å². The molecule has 1 N–H and O–H groups in total. The Morgan fingerprint density at radius 3 is 2.62 bits per heavy atom. The lowest BCUT2D eigenvalue weighted by atomic mass is 10.2. The Hall–Kier alpha value is -2.11. The van der Waals surface area contributed by atoms with E-state index in [0.29, 0.717) is 22.3 Å². The van der Waals surface area contributed by atoms with Gasteiger partial charge in [0.1, 0.15) is 12.4 Å². The van der Waals surface area contributed by atoms with Crippen LogP contribution in [0.15, 0.2) is 29.0 Å². The molecule has 1 atom stereocenters. The van der Waals surface area contributed by atoms with Crippen molar-refractivity contribution in [3.8, 4) is 0 Å². The average Bonchev–Trinajstić information content (AvgIpc) is 3.35. The Kier molecular flexibility index (Phi) is 6.25. The number of alkyl halides is 3. The Morgan fingerprint density at radius 1 is 1.28 bits per heavy atom. The van der Waals surface area contributed by atoms with Crippen LogP contribution >= 0.6 is 39.1 Å². The van der Waals surface area contributed by atoms with Crippen LogP contribution in [-0.2, 0) is 17.5 Å². The first-order valence-electron chi connectivity index (χ1n) is 9.54. The van der Waals surface area contributed by atoms with Gasteiger partial charge in [0, 0.05) is 5.92 Å². The molecule has 1 aliphatic carbocycles. The van der Waals surface area contributed by atoms with Gasteiger partial charge in [-0.1, -0.05) is 29.3 Å². The number of carbonyl (C=O) groups excluding carboxylic acids is 1. The van der Waals surface area contributed by atoms with E-state index in [1.807, 2.05) is 0 Å². The van der Waals surface area contributed by atoms with Crippen LogP contribution in [0.4, 0.5) is 19.1 Å². The van der Waals surface area contributed by atoms with E-state index in [1.54, 1.807) is 18.2 Å². The predicted octanol–water partition coefficient (Wildman–Crippen LogP) is 5.69. The summed E-state index contributed by atoms with van der Waals surface area (Å²) in [7, 11) is 0. The van der Waals surface area contributed by atoms with Crippen molar-refractivity contribution in [3.63, 3.8) is 0 Å². The van der Waals surface area contributed by atoms with E-state index in [-0.39, 0.29) is 16.3 Å². The van der Waals surface area contributed by atoms with Crippen molar-refractivity contribution in [3.05, 3.63) is 56.0 Å². The number of aromatic nitrogens is 5. The molecule has 0 aliphatic heterocycles. The molecule has 0 radical (unpaired) electrons. The summed E-state index contributed by atoms with van der Waals surface area (Å²) in [5.41, 5.74) is 0.159. The second-order valence-corrected chi connectivity index (χ2v) is 9.05. The molecule has 1 aliphatic rings. The monoisotopic (exact) mass is 550 g/mol. The molecule has 0 spiro atoms. The minimum Gasteiger partial charge on any atom is -0.291 e. The minimum absolute atomic E-state index is 0.0251. The van der Waals surface area contributed by atoms with Crippen LogP contribution in [0.3, 0.4) is 0 Å². The van der Waals surface area contributed by atoms with Crippen LogP contribution in [0.5, 0.6) is 0 Å². The average molecular weight is 552 g/mol. The summed E-state index contributed by atoms with van der Waals surface area (Å²) in [6, 6.07) is 4.14. The van der Waals surface area contributed by atoms with Gasteiger partial charge < -0.3 is 0 Å². The molecule has 1 saturated carbocycles. The molecule has 7 nitrogen and oxygen atoms in total. The van der Waals surface area contributed by atoms with Gasteiger partial charge in [-0.3, -0.25) is 14.8 Å². The summed E-state index contributed by atoms with van der Waals surface area (Å²) < 4.78 is 42.5. The Morgan fingerprint density at radius 2 is 2.00 bits per heavy atom. The van der Waals surface area contributed by atoms with Gasteiger partial charge in [-0.2, -0.15) is 18.3 Å². The lowest BCUT2D eigenvalue weighted by molar-refractivity contribution is -0.142. The third kappa shape index (κ3) is 4.79. The van der Waals surface area contributed by atoms with Crippen molar-refractivity contribution in [2.45, 2.75) is 44.4 Å². The topological polar surface area (TPSA) is 77.6 Å². The molecule has 13 heteroatoms. The van der Waals surface area contributed by atoms with E-state index >= 15 is 0 Å². The Balaban J connectivity index is 1.49. The smallest absolute Gasteiger partial charge is 0.291 e. The van der Waals surface area contributed by atoms with Gasteiger partial charge in [-0.25, -0.2) is 9.67 Å². The number of hydrogen-bond acceptors (Lipinski definition) is 4. The number of nitrogens with one attached hydrogen (secondary N) is 1. The third-order valence-corrected chi connectivity index (χ3v) is 6.49. The fourth-order valence-electron chi connectivity index (χ4n) is 3.21. The van der Waals surface area contributed by atoms with E-state index in [4.69, 9.17) is 23.2 Å². The van der Waals surface area contributed by atoms with E-state index in [9.17, 15) is 18.0 Å². The summed E-state index contributed by atoms with van der Waals surface area (Å²) in [5, 5.41) is 11.2. The second-order valence-electron chi connectivity index (χ2n) is 7.44. The summed E-state index contributed by atoms with van der Waals surface area (Å²) in [5.74, 6) is -0.619. The highest BCUT2D eigenvalue weighted by atomic mass is 79.9. The number of benzene rings is 1. The first kappa shape index (κ1) is 23.1. The zero-order valence-corrected chi connectivity index (χ0v) is 19.6. The highest BCUT2D eigenvalue weighted by Crippen LogP contribution is 2.47. The summed E-state index contributed by atoms with van der Waals surface area (Å²) >= 11 is 14.9. The van der Waals surface area contributed by atoms with Gasteiger partial charge in [0.25, 0.3) is 5.91 Å². The number of amides is 1. The van der Waals surface area contributed by atoms with Crippen LogP contribution in [0.25, 0.3) is 0 Å². The zero-order chi connectivity index (χ0) is 23.2. The maximum atomic E-state index is 13.3. The van der Waals surface area contributed by atoms with Crippen molar-refractivity contribution in [2.24, 2.45) is 0 Å². The van der Waals surface area contributed by atoms with Gasteiger partial charge in [-0.15, -0.1) is 5.10 Å². The molecule has 2 aromatic heterocycles. The van der Waals surface area contributed by atoms with Gasteiger partial charge in [-0.05, 0) is 53.4 Å². The van der Waals surface area contributed by atoms with Crippen molar-refractivity contribution < 1.29 is 18.0 Å². The molecule has 3 aromatic rings. The summed E-state index contributed by atoms with van der Waals surface area (Å²) in [6.07, 6.45) is -1.72. The summed E-state index contributed by atoms with van der Waals surface area (Å²) in [6.45, 7) is 1.82. The quantitative estimate of drug-likeness (QED) is 0.427. The Bertz CT molecular complexity index is 1170. The van der Waals surface area contributed by atoms with E-state index in [1.165, 1.54) is 17.9 Å². The number of halogens is 6. The molecule has 1 amide bonds. The molecule has 1 fully saturated rings. The van der Waals surface area contributed by atoms with Crippen LogP contribution in [0.1, 0.15) is 48.7 Å². The molecular weight excluding hydrogens is 536 g/mol. The lowest BCUT2D eigenvalue weighted by Crippen LogP contribution is -2.26. The molecule has 170 valence electrons. The highest BCUT2D eigenvalue weighted by Gasteiger charge is 2.43. The van der Waals surface area contributed by atoms with Crippen LogP contribution in [0.2, 0.25) is 10.0 Å². The molecule has 0 bridgehead atoms. The maximum Gasteiger partial charge on any atom is 0.436 e. The molecular formula is C19H16BrCl2F3N6O. The van der Waals surface area contributed by atoms with Crippen molar-refractivity contribution in [2.75, 3.05) is 5.32 Å². The number of anilines is 1. The highest BCUT2D eigenvalue weighted by molar-refractivity contribution is 9.10. The first-order chi connectivity index (χ1) is 15.0. The van der Waals surface area contributed by atoms with Gasteiger partial charge >= 0.3 is 6.18 Å². The molecule has 0 saturated heterocycles. The molecule has 4 rings (SSSR count). The van der Waals surface area contributed by atoms with Crippen molar-refractivity contribution in [1.82, 2.24) is 24.5 Å². The van der Waals surface area contributed by atoms with Crippen LogP contribution < -0.4 is 5.32 Å². The van der Waals surface area contributed by atoms with E-state index in [0.717, 1.165) is 23.1 Å². The summed E-state index contributed by atoms with van der Waals surface area (Å²) in [4.78, 5) is 16.8. The van der Waals surface area contributed by atoms with Gasteiger partial charge in [0.05, 0.1) is 26.8 Å². The predicted molar refractivity (Wildman–Crippen MR) is 116 cm³/mol. The maximum absolute atomic E-state index is 13.3. The molecule has 32 heavy (non-hydrogen) atoms. The fourth-order valence-corrected chi connectivity index (χ4v) is 4.34. The largest absolute Gasteiger partial charge is 0.436 e. The number of hydrogen-bond donors (Lipinski definition) is 1. The van der Waals surface area contributed by atoms with Crippen LogP contribution in [-0.4, -0.2) is 30.5 Å². The molecule has 1 aromatic carbocycles.